The fourth-order valence-corrected chi connectivity index (χ4v) is 0.203. The average molecular weight is 176 g/mol. The van der Waals surface area contributed by atoms with Gasteiger partial charge in [-0.2, -0.15) is 0 Å². The van der Waals surface area contributed by atoms with Crippen LogP contribution in [0, 0.1) is 0 Å². The van der Waals surface area contributed by atoms with Crippen molar-refractivity contribution in [2.75, 3.05) is 0 Å². The summed E-state index contributed by atoms with van der Waals surface area (Å²) in [5.74, 6) is -5.20. The van der Waals surface area contributed by atoms with E-state index >= 15 is 0 Å². The maximum Gasteiger partial charge on any atom is 1.00 e. The molecule has 0 aromatic heterocycles. The molecule has 0 aliphatic carbocycles. The van der Waals surface area contributed by atoms with Crippen molar-refractivity contribution in [3.63, 3.8) is 0 Å². The minimum Gasteiger partial charge on any atom is -0.550 e. The predicted octanol–water partition coefficient (Wildman–Crippen LogP) is -9.55. The quantitative estimate of drug-likeness (QED) is 0.241. The van der Waals surface area contributed by atoms with Gasteiger partial charge in [0.2, 0.25) is 0 Å². The number of hydrogen-bond donors (Lipinski definition) is 0. The summed E-state index contributed by atoms with van der Waals surface area (Å²) in [5, 5.41) is 19.0. The first-order valence-electron chi connectivity index (χ1n) is 1.98. The molecule has 0 unspecified atom stereocenters. The summed E-state index contributed by atoms with van der Waals surface area (Å²) in [7, 11) is 0. The van der Waals surface area contributed by atoms with E-state index in [0.29, 0.717) is 0 Å². The van der Waals surface area contributed by atoms with E-state index in [9.17, 15) is 24.6 Å². The Kier molecular flexibility index (Phi) is 14.0. The number of carbonyl (C=O) groups excluding carboxylic acids is 3. The van der Waals surface area contributed by atoms with Crippen LogP contribution in [-0.2, 0) is 14.4 Å². The summed E-state index contributed by atoms with van der Waals surface area (Å²) in [5.41, 5.74) is 0. The second-order valence-corrected chi connectivity index (χ2v) is 1.26. The molecule has 0 radical (unpaired) electrons. The van der Waals surface area contributed by atoms with Crippen LogP contribution in [0.2, 0.25) is 0 Å². The van der Waals surface area contributed by atoms with Gasteiger partial charge in [0.1, 0.15) is 5.97 Å². The Morgan fingerprint density at radius 3 is 1.45 bits per heavy atom. The standard InChI is InChI=1S/C4H4O5.2Na/c5-2(4(8)9)1-3(6)7;;/h1H2,(H,6,7)(H,8,9);;/q;2*+1/p-2. The van der Waals surface area contributed by atoms with Crippen LogP contribution in [0.25, 0.3) is 0 Å². The Hall–Kier alpha value is 0.610. The number of Topliss-reactive ketones (excluding diaryl/α,β-unsaturated/α-hetero) is 1. The maximum atomic E-state index is 9.87. The van der Waals surface area contributed by atoms with Crippen LogP contribution >= 0.6 is 0 Å². The molecule has 0 aromatic carbocycles. The van der Waals surface area contributed by atoms with Crippen molar-refractivity contribution in [2.45, 2.75) is 6.42 Å². The molecular formula is C4H2Na2O5. The smallest absolute Gasteiger partial charge is 0.550 e. The molecule has 0 atom stereocenters. The molecule has 50 valence electrons. The van der Waals surface area contributed by atoms with E-state index in [4.69, 9.17) is 0 Å². The predicted molar refractivity (Wildman–Crippen MR) is 19.6 cm³/mol. The molecule has 0 saturated carbocycles. The zero-order chi connectivity index (χ0) is 7.44. The second-order valence-electron chi connectivity index (χ2n) is 1.26. The zero-order valence-electron chi connectivity index (χ0n) is 6.25. The van der Waals surface area contributed by atoms with Crippen LogP contribution in [0.5, 0.6) is 0 Å². The third-order valence-electron chi connectivity index (χ3n) is 0.533. The molecule has 0 aliphatic heterocycles. The van der Waals surface area contributed by atoms with Crippen molar-refractivity contribution in [1.29, 1.82) is 0 Å². The van der Waals surface area contributed by atoms with Crippen molar-refractivity contribution < 1.29 is 83.7 Å². The summed E-state index contributed by atoms with van der Waals surface area (Å²) in [6, 6.07) is 0. The Bertz CT molecular complexity index is 166. The topological polar surface area (TPSA) is 97.3 Å². The minimum atomic E-state index is -2.00. The van der Waals surface area contributed by atoms with Crippen LogP contribution < -0.4 is 69.3 Å². The van der Waals surface area contributed by atoms with Gasteiger partial charge in [-0.25, -0.2) is 0 Å². The number of carbonyl (C=O) groups is 3. The van der Waals surface area contributed by atoms with Gasteiger partial charge in [-0.05, 0) is 0 Å². The largest absolute Gasteiger partial charge is 1.00 e. The first-order chi connectivity index (χ1) is 4.04. The van der Waals surface area contributed by atoms with Gasteiger partial charge < -0.3 is 19.8 Å². The SMILES string of the molecule is O=C([O-])CC(=O)C(=O)[O-].[Na+].[Na+]. The van der Waals surface area contributed by atoms with Crippen LogP contribution in [-0.4, -0.2) is 17.7 Å². The third kappa shape index (κ3) is 10.6. The van der Waals surface area contributed by atoms with Crippen LogP contribution in [0.15, 0.2) is 0 Å². The minimum absolute atomic E-state index is 0. The van der Waals surface area contributed by atoms with E-state index in [1.807, 2.05) is 0 Å². The Balaban J connectivity index is -0.000000320. The van der Waals surface area contributed by atoms with E-state index in [1.165, 1.54) is 0 Å². The van der Waals surface area contributed by atoms with Gasteiger partial charge in [-0.3, -0.25) is 4.79 Å². The summed E-state index contributed by atoms with van der Waals surface area (Å²) >= 11 is 0. The molecule has 0 saturated heterocycles. The van der Waals surface area contributed by atoms with Crippen LogP contribution in [0.4, 0.5) is 0 Å². The number of aliphatic carboxylic acids is 2. The number of rotatable bonds is 3. The van der Waals surface area contributed by atoms with Crippen molar-refractivity contribution in [2.24, 2.45) is 0 Å². The van der Waals surface area contributed by atoms with E-state index in [0.717, 1.165) is 0 Å². The summed E-state index contributed by atoms with van der Waals surface area (Å²) < 4.78 is 0. The molecule has 0 heterocycles. The first kappa shape index (κ1) is 17.6. The van der Waals surface area contributed by atoms with Crippen LogP contribution in [0.1, 0.15) is 6.42 Å². The van der Waals surface area contributed by atoms with Crippen molar-refractivity contribution >= 4 is 17.7 Å². The van der Waals surface area contributed by atoms with Gasteiger partial charge in [-0.15, -0.1) is 0 Å². The molecular weight excluding hydrogens is 174 g/mol. The zero-order valence-corrected chi connectivity index (χ0v) is 10.2. The summed E-state index contributed by atoms with van der Waals surface area (Å²) in [4.78, 5) is 28.8. The first-order valence-corrected chi connectivity index (χ1v) is 1.98. The fraction of sp³-hybridized carbons (Fsp3) is 0.250. The molecule has 0 bridgehead atoms. The molecule has 11 heavy (non-hydrogen) atoms. The van der Waals surface area contributed by atoms with E-state index in [2.05, 4.69) is 0 Å². The monoisotopic (exact) mass is 176 g/mol. The molecule has 0 fully saturated rings. The second kappa shape index (κ2) is 8.70. The van der Waals surface area contributed by atoms with Gasteiger partial charge in [0, 0.05) is 5.97 Å². The van der Waals surface area contributed by atoms with Crippen molar-refractivity contribution in [3.05, 3.63) is 0 Å². The molecule has 0 amide bonds. The Morgan fingerprint density at radius 1 is 1.00 bits per heavy atom. The van der Waals surface area contributed by atoms with Gasteiger partial charge >= 0.3 is 59.1 Å². The average Bonchev–Trinajstić information content (AvgIpc) is 1.63. The molecule has 7 heteroatoms. The third-order valence-corrected chi connectivity index (χ3v) is 0.533. The fourth-order valence-electron chi connectivity index (χ4n) is 0.203. The number of carboxylic acids is 2. The Labute approximate surface area is 107 Å². The molecule has 5 nitrogen and oxygen atoms in total. The van der Waals surface area contributed by atoms with Crippen molar-refractivity contribution in [3.8, 4) is 0 Å². The number of carboxylic acid groups (broad SMARTS) is 2. The van der Waals surface area contributed by atoms with Crippen LogP contribution in [0.3, 0.4) is 0 Å². The summed E-state index contributed by atoms with van der Waals surface area (Å²) in [6.45, 7) is 0. The molecule has 0 spiro atoms. The Morgan fingerprint density at radius 2 is 1.36 bits per heavy atom. The molecule has 0 rings (SSSR count). The molecule has 0 aliphatic rings. The van der Waals surface area contributed by atoms with E-state index in [1.54, 1.807) is 0 Å². The molecule has 0 aromatic rings. The maximum absolute atomic E-state index is 9.87. The van der Waals surface area contributed by atoms with Gasteiger partial charge in [0.25, 0.3) is 0 Å². The van der Waals surface area contributed by atoms with E-state index in [-0.39, 0.29) is 59.1 Å². The molecule has 0 N–H and O–H groups in total. The van der Waals surface area contributed by atoms with Gasteiger partial charge in [0.05, 0.1) is 6.42 Å². The van der Waals surface area contributed by atoms with Gasteiger partial charge in [0.15, 0.2) is 5.78 Å². The summed E-state index contributed by atoms with van der Waals surface area (Å²) in [6.07, 6.45) is -1.12. The van der Waals surface area contributed by atoms with Crippen molar-refractivity contribution in [1.82, 2.24) is 0 Å². The van der Waals surface area contributed by atoms with Gasteiger partial charge in [-0.1, -0.05) is 0 Å². The number of ketones is 1. The number of hydrogen-bond acceptors (Lipinski definition) is 5. The normalized spacial score (nSPS) is 6.91. The van der Waals surface area contributed by atoms with E-state index < -0.39 is 24.1 Å².